The molecule has 17 heavy (non-hydrogen) atoms. The van der Waals surface area contributed by atoms with E-state index in [-0.39, 0.29) is 18.8 Å². The van der Waals surface area contributed by atoms with Crippen LogP contribution in [0.15, 0.2) is 16.6 Å². The Kier molecular flexibility index (Phi) is 3.43. The molecule has 0 aromatic heterocycles. The molecule has 1 fully saturated rings. The second-order valence-corrected chi connectivity index (χ2v) is 5.61. The van der Waals surface area contributed by atoms with E-state index in [1.54, 1.807) is 0 Å². The average molecular weight is 305 g/mol. The van der Waals surface area contributed by atoms with E-state index in [0.29, 0.717) is 6.61 Å². The maximum absolute atomic E-state index is 12.6. The summed E-state index contributed by atoms with van der Waals surface area (Å²) in [6.07, 6.45) is -0.0804. The first-order valence-electron chi connectivity index (χ1n) is 5.65. The van der Waals surface area contributed by atoms with E-state index in [0.717, 1.165) is 21.3 Å². The maximum atomic E-state index is 12.6. The van der Waals surface area contributed by atoms with Gasteiger partial charge in [0.1, 0.15) is 5.75 Å². The highest BCUT2D eigenvalue weighted by atomic mass is 79.9. The van der Waals surface area contributed by atoms with Crippen molar-refractivity contribution in [1.82, 2.24) is 0 Å². The van der Waals surface area contributed by atoms with Crippen molar-refractivity contribution in [3.63, 3.8) is 0 Å². The zero-order valence-electron chi connectivity index (χ0n) is 9.90. The van der Waals surface area contributed by atoms with Gasteiger partial charge in [-0.2, -0.15) is 0 Å². The predicted octanol–water partition coefficient (Wildman–Crippen LogP) is 4.49. The molecule has 0 bridgehead atoms. The molecule has 1 aromatic carbocycles. The first kappa shape index (κ1) is 12.8. The standard InChI is InChI=1S/C13H15BrF2O/c1-8-3-11(4-9(2)12(8)14)17-7-10-5-13(15,16)6-10/h3-4,10H,5-7H2,1-2H3. The van der Waals surface area contributed by atoms with E-state index in [4.69, 9.17) is 4.74 Å². The third-order valence-corrected chi connectivity index (χ3v) is 4.32. The van der Waals surface area contributed by atoms with Gasteiger partial charge in [0.2, 0.25) is 5.92 Å². The van der Waals surface area contributed by atoms with Gasteiger partial charge in [-0.25, -0.2) is 8.78 Å². The Hall–Kier alpha value is -0.640. The summed E-state index contributed by atoms with van der Waals surface area (Å²) in [6.45, 7) is 4.36. The maximum Gasteiger partial charge on any atom is 0.248 e. The van der Waals surface area contributed by atoms with E-state index in [1.807, 2.05) is 26.0 Å². The second-order valence-electron chi connectivity index (χ2n) is 4.81. The minimum absolute atomic E-state index is 0.00532. The molecule has 1 aliphatic carbocycles. The van der Waals surface area contributed by atoms with Gasteiger partial charge in [0.15, 0.2) is 0 Å². The molecule has 0 N–H and O–H groups in total. The summed E-state index contributed by atoms with van der Waals surface area (Å²) < 4.78 is 31.9. The fraction of sp³-hybridized carbons (Fsp3) is 0.538. The molecule has 4 heteroatoms. The van der Waals surface area contributed by atoms with Gasteiger partial charge in [-0.3, -0.25) is 0 Å². The number of hydrogen-bond donors (Lipinski definition) is 0. The van der Waals surface area contributed by atoms with Crippen molar-refractivity contribution in [3.05, 3.63) is 27.7 Å². The minimum Gasteiger partial charge on any atom is -0.493 e. The van der Waals surface area contributed by atoms with Crippen LogP contribution in [0.2, 0.25) is 0 Å². The molecule has 0 amide bonds. The van der Waals surface area contributed by atoms with Gasteiger partial charge in [0.05, 0.1) is 6.61 Å². The normalized spacial score (nSPS) is 18.9. The van der Waals surface area contributed by atoms with Crippen LogP contribution < -0.4 is 4.74 Å². The summed E-state index contributed by atoms with van der Waals surface area (Å²) in [5, 5.41) is 0. The van der Waals surface area contributed by atoms with Crippen LogP contribution in [0.25, 0.3) is 0 Å². The molecule has 0 atom stereocenters. The number of hydrogen-bond acceptors (Lipinski definition) is 1. The van der Waals surface area contributed by atoms with Crippen molar-refractivity contribution in [2.45, 2.75) is 32.6 Å². The Labute approximate surface area is 108 Å². The number of aryl methyl sites for hydroxylation is 2. The van der Waals surface area contributed by atoms with E-state index >= 15 is 0 Å². The Morgan fingerprint density at radius 1 is 1.29 bits per heavy atom. The largest absolute Gasteiger partial charge is 0.493 e. The van der Waals surface area contributed by atoms with Crippen molar-refractivity contribution in [3.8, 4) is 5.75 Å². The summed E-state index contributed by atoms with van der Waals surface area (Å²) in [5.74, 6) is -1.70. The second kappa shape index (κ2) is 4.56. The van der Waals surface area contributed by atoms with Crippen LogP contribution in [-0.4, -0.2) is 12.5 Å². The minimum atomic E-state index is -2.46. The lowest BCUT2D eigenvalue weighted by atomic mass is 9.82. The van der Waals surface area contributed by atoms with E-state index in [9.17, 15) is 8.78 Å². The number of alkyl halides is 2. The fourth-order valence-electron chi connectivity index (χ4n) is 2.11. The quantitative estimate of drug-likeness (QED) is 0.799. The van der Waals surface area contributed by atoms with Crippen molar-refractivity contribution < 1.29 is 13.5 Å². The molecular formula is C13H15BrF2O. The van der Waals surface area contributed by atoms with Crippen LogP contribution in [0.1, 0.15) is 24.0 Å². The lowest BCUT2D eigenvalue weighted by Gasteiger charge is -2.34. The summed E-state index contributed by atoms with van der Waals surface area (Å²) in [5.41, 5.74) is 2.19. The third kappa shape index (κ3) is 2.97. The smallest absolute Gasteiger partial charge is 0.248 e. The summed E-state index contributed by atoms with van der Waals surface area (Å²) in [6, 6.07) is 3.85. The van der Waals surface area contributed by atoms with Crippen LogP contribution in [0.5, 0.6) is 5.75 Å². The van der Waals surface area contributed by atoms with Gasteiger partial charge < -0.3 is 4.74 Å². The van der Waals surface area contributed by atoms with Crippen LogP contribution in [0.3, 0.4) is 0 Å². The molecule has 1 saturated carbocycles. The van der Waals surface area contributed by atoms with Gasteiger partial charge in [-0.05, 0) is 37.1 Å². The molecule has 0 aliphatic heterocycles. The number of rotatable bonds is 3. The van der Waals surface area contributed by atoms with Crippen molar-refractivity contribution in [2.24, 2.45) is 5.92 Å². The van der Waals surface area contributed by atoms with Gasteiger partial charge in [-0.15, -0.1) is 0 Å². The molecule has 0 saturated heterocycles. The zero-order valence-corrected chi connectivity index (χ0v) is 11.5. The van der Waals surface area contributed by atoms with Crippen LogP contribution >= 0.6 is 15.9 Å². The highest BCUT2D eigenvalue weighted by molar-refractivity contribution is 9.10. The average Bonchev–Trinajstić information content (AvgIpc) is 2.19. The van der Waals surface area contributed by atoms with Crippen molar-refractivity contribution >= 4 is 15.9 Å². The molecule has 1 aliphatic rings. The summed E-state index contributed by atoms with van der Waals surface area (Å²) in [7, 11) is 0. The molecule has 1 nitrogen and oxygen atoms in total. The Morgan fingerprint density at radius 2 is 1.82 bits per heavy atom. The molecule has 0 spiro atoms. The summed E-state index contributed by atoms with van der Waals surface area (Å²) >= 11 is 3.48. The number of ether oxygens (including phenoxy) is 1. The highest BCUT2D eigenvalue weighted by Crippen LogP contribution is 2.42. The lowest BCUT2D eigenvalue weighted by molar-refractivity contribution is -0.119. The van der Waals surface area contributed by atoms with Crippen molar-refractivity contribution in [1.29, 1.82) is 0 Å². The van der Waals surface area contributed by atoms with Gasteiger partial charge in [0, 0.05) is 23.2 Å². The monoisotopic (exact) mass is 304 g/mol. The first-order valence-corrected chi connectivity index (χ1v) is 6.44. The molecule has 2 rings (SSSR count). The Bertz CT molecular complexity index is 400. The van der Waals surface area contributed by atoms with Gasteiger partial charge >= 0.3 is 0 Å². The van der Waals surface area contributed by atoms with Gasteiger partial charge in [0.25, 0.3) is 0 Å². The number of benzene rings is 1. The number of halogens is 3. The fourth-order valence-corrected chi connectivity index (χ4v) is 2.34. The Balaban J connectivity index is 1.92. The van der Waals surface area contributed by atoms with E-state index in [2.05, 4.69) is 15.9 Å². The van der Waals surface area contributed by atoms with Crippen LogP contribution in [0.4, 0.5) is 8.78 Å². The van der Waals surface area contributed by atoms with Gasteiger partial charge in [-0.1, -0.05) is 15.9 Å². The predicted molar refractivity (Wildman–Crippen MR) is 66.8 cm³/mol. The highest BCUT2D eigenvalue weighted by Gasteiger charge is 2.45. The first-order chi connectivity index (χ1) is 7.87. The molecule has 0 unspecified atom stereocenters. The van der Waals surface area contributed by atoms with E-state index < -0.39 is 5.92 Å². The summed E-state index contributed by atoms with van der Waals surface area (Å²) in [4.78, 5) is 0. The molecular weight excluding hydrogens is 290 g/mol. The SMILES string of the molecule is Cc1cc(OCC2CC(F)(F)C2)cc(C)c1Br. The van der Waals surface area contributed by atoms with E-state index in [1.165, 1.54) is 0 Å². The van der Waals surface area contributed by atoms with Crippen LogP contribution in [-0.2, 0) is 0 Å². The molecule has 0 radical (unpaired) electrons. The molecule has 94 valence electrons. The zero-order chi connectivity index (χ0) is 12.6. The molecule has 0 heterocycles. The Morgan fingerprint density at radius 3 is 2.29 bits per heavy atom. The topological polar surface area (TPSA) is 9.23 Å². The molecule has 1 aromatic rings. The lowest BCUT2D eigenvalue weighted by Crippen LogP contribution is -2.38. The van der Waals surface area contributed by atoms with Crippen LogP contribution in [0, 0.1) is 19.8 Å². The van der Waals surface area contributed by atoms with Crippen molar-refractivity contribution in [2.75, 3.05) is 6.61 Å². The third-order valence-electron chi connectivity index (χ3n) is 3.07.